The number of likely N-dealkylation sites (tertiary alicyclic amines) is 1. The van der Waals surface area contributed by atoms with Crippen molar-refractivity contribution in [1.29, 1.82) is 0 Å². The molecule has 128 valence electrons. The van der Waals surface area contributed by atoms with Crippen LogP contribution in [0.4, 0.5) is 0 Å². The number of benzene rings is 1. The van der Waals surface area contributed by atoms with Crippen LogP contribution in [0.1, 0.15) is 44.1 Å². The van der Waals surface area contributed by atoms with E-state index in [1.807, 2.05) is 23.1 Å². The van der Waals surface area contributed by atoms with Crippen LogP contribution in [0.5, 0.6) is 5.75 Å². The lowest BCUT2D eigenvalue weighted by molar-refractivity contribution is -0.138. The highest BCUT2D eigenvalue weighted by molar-refractivity contribution is 5.89. The minimum absolute atomic E-state index is 0. The van der Waals surface area contributed by atoms with Crippen LogP contribution >= 0.6 is 12.4 Å². The van der Waals surface area contributed by atoms with Crippen molar-refractivity contribution < 1.29 is 9.53 Å². The highest BCUT2D eigenvalue weighted by atomic mass is 35.5. The molecule has 1 saturated carbocycles. The lowest BCUT2D eigenvalue weighted by atomic mass is 9.77. The first-order valence-corrected chi connectivity index (χ1v) is 8.35. The largest absolute Gasteiger partial charge is 0.497 e. The molecule has 1 saturated heterocycles. The van der Waals surface area contributed by atoms with Gasteiger partial charge in [-0.05, 0) is 43.4 Å². The predicted octanol–water partition coefficient (Wildman–Crippen LogP) is 2.88. The fourth-order valence-electron chi connectivity index (χ4n) is 3.93. The molecular formula is C18H27ClN2O2. The average Bonchev–Trinajstić information content (AvgIpc) is 3.06. The van der Waals surface area contributed by atoms with Crippen LogP contribution in [0.15, 0.2) is 24.3 Å². The lowest BCUT2D eigenvalue weighted by Gasteiger charge is -2.38. The van der Waals surface area contributed by atoms with Crippen LogP contribution in [0, 0.1) is 0 Å². The summed E-state index contributed by atoms with van der Waals surface area (Å²) in [7, 11) is 1.67. The standard InChI is InChI=1S/C18H26N2O2.ClH/c1-22-16-6-4-5-14(13-16)18(9-2-3-10-18)17(21)20-11-7-15(19)8-12-20;/h4-6,13,15H,2-3,7-12,19H2,1H3;1H. The first-order valence-electron chi connectivity index (χ1n) is 8.35. The van der Waals surface area contributed by atoms with E-state index in [2.05, 4.69) is 6.07 Å². The van der Waals surface area contributed by atoms with Gasteiger partial charge in [0, 0.05) is 19.1 Å². The maximum absolute atomic E-state index is 13.3. The van der Waals surface area contributed by atoms with Crippen LogP contribution in [-0.4, -0.2) is 37.0 Å². The van der Waals surface area contributed by atoms with Crippen molar-refractivity contribution in [3.63, 3.8) is 0 Å². The molecule has 0 radical (unpaired) electrons. The summed E-state index contributed by atoms with van der Waals surface area (Å²) in [5.41, 5.74) is 6.74. The van der Waals surface area contributed by atoms with E-state index in [0.717, 1.165) is 62.9 Å². The number of hydrogen-bond donors (Lipinski definition) is 1. The van der Waals surface area contributed by atoms with E-state index in [0.29, 0.717) is 5.91 Å². The van der Waals surface area contributed by atoms with Crippen LogP contribution in [-0.2, 0) is 10.2 Å². The number of hydrogen-bond acceptors (Lipinski definition) is 3. The molecule has 0 aromatic heterocycles. The van der Waals surface area contributed by atoms with Gasteiger partial charge in [0.15, 0.2) is 0 Å². The summed E-state index contributed by atoms with van der Waals surface area (Å²) in [6.45, 7) is 1.59. The Hall–Kier alpha value is -1.26. The van der Waals surface area contributed by atoms with Gasteiger partial charge in [0.1, 0.15) is 5.75 Å². The molecule has 23 heavy (non-hydrogen) atoms. The zero-order valence-corrected chi connectivity index (χ0v) is 14.6. The first kappa shape index (κ1) is 18.1. The maximum atomic E-state index is 13.3. The van der Waals surface area contributed by atoms with Crippen molar-refractivity contribution >= 4 is 18.3 Å². The SMILES string of the molecule is COc1cccc(C2(C(=O)N3CCC(N)CC3)CCCC2)c1.Cl. The Kier molecular flexibility index (Phi) is 5.93. The normalized spacial score (nSPS) is 20.9. The minimum Gasteiger partial charge on any atom is -0.497 e. The Morgan fingerprint density at radius 3 is 2.52 bits per heavy atom. The van der Waals surface area contributed by atoms with Gasteiger partial charge in [0.25, 0.3) is 0 Å². The Morgan fingerprint density at radius 1 is 1.26 bits per heavy atom. The third kappa shape index (κ3) is 3.48. The van der Waals surface area contributed by atoms with Gasteiger partial charge in [0.05, 0.1) is 12.5 Å². The molecular weight excluding hydrogens is 312 g/mol. The molecule has 1 aromatic carbocycles. The summed E-state index contributed by atoms with van der Waals surface area (Å²) in [5, 5.41) is 0. The molecule has 1 aliphatic heterocycles. The molecule has 5 heteroatoms. The Morgan fingerprint density at radius 2 is 1.91 bits per heavy atom. The van der Waals surface area contributed by atoms with Crippen molar-refractivity contribution in [2.75, 3.05) is 20.2 Å². The summed E-state index contributed by atoms with van der Waals surface area (Å²) in [6.07, 6.45) is 5.97. The fraction of sp³-hybridized carbons (Fsp3) is 0.611. The van der Waals surface area contributed by atoms with Gasteiger partial charge in [-0.25, -0.2) is 0 Å². The monoisotopic (exact) mass is 338 g/mol. The van der Waals surface area contributed by atoms with Crippen molar-refractivity contribution in [1.82, 2.24) is 4.90 Å². The number of carbonyl (C=O) groups is 1. The first-order chi connectivity index (χ1) is 10.7. The molecule has 2 aliphatic rings. The molecule has 0 bridgehead atoms. The van der Waals surface area contributed by atoms with Crippen LogP contribution in [0.25, 0.3) is 0 Å². The number of nitrogens with zero attached hydrogens (tertiary/aromatic N) is 1. The summed E-state index contributed by atoms with van der Waals surface area (Å²) >= 11 is 0. The summed E-state index contributed by atoms with van der Waals surface area (Å²) in [5.74, 6) is 1.13. The van der Waals surface area contributed by atoms with Gasteiger partial charge < -0.3 is 15.4 Å². The predicted molar refractivity (Wildman–Crippen MR) is 94.2 cm³/mol. The van der Waals surface area contributed by atoms with Gasteiger partial charge in [-0.15, -0.1) is 12.4 Å². The van der Waals surface area contributed by atoms with Crippen LogP contribution < -0.4 is 10.5 Å². The second-order valence-electron chi connectivity index (χ2n) is 6.65. The van der Waals surface area contributed by atoms with Crippen molar-refractivity contribution in [2.45, 2.75) is 50.0 Å². The molecule has 1 heterocycles. The van der Waals surface area contributed by atoms with Gasteiger partial charge in [-0.1, -0.05) is 25.0 Å². The van der Waals surface area contributed by atoms with E-state index in [4.69, 9.17) is 10.5 Å². The number of amides is 1. The van der Waals surface area contributed by atoms with Gasteiger partial charge in [0.2, 0.25) is 5.91 Å². The van der Waals surface area contributed by atoms with E-state index in [1.165, 1.54) is 0 Å². The highest BCUT2D eigenvalue weighted by Gasteiger charge is 2.45. The molecule has 2 N–H and O–H groups in total. The van der Waals surface area contributed by atoms with Crippen LogP contribution in [0.2, 0.25) is 0 Å². The molecule has 0 unspecified atom stereocenters. The van der Waals surface area contributed by atoms with E-state index in [1.54, 1.807) is 7.11 Å². The zero-order valence-electron chi connectivity index (χ0n) is 13.8. The Labute approximate surface area is 144 Å². The van der Waals surface area contributed by atoms with E-state index in [9.17, 15) is 4.79 Å². The summed E-state index contributed by atoms with van der Waals surface area (Å²) in [4.78, 5) is 15.3. The number of piperidine rings is 1. The highest BCUT2D eigenvalue weighted by Crippen LogP contribution is 2.43. The van der Waals surface area contributed by atoms with E-state index >= 15 is 0 Å². The smallest absolute Gasteiger partial charge is 0.233 e. The second-order valence-corrected chi connectivity index (χ2v) is 6.65. The molecule has 4 nitrogen and oxygen atoms in total. The van der Waals surface area contributed by atoms with Crippen molar-refractivity contribution in [3.05, 3.63) is 29.8 Å². The molecule has 2 fully saturated rings. The maximum Gasteiger partial charge on any atom is 0.233 e. The fourth-order valence-corrected chi connectivity index (χ4v) is 3.93. The topological polar surface area (TPSA) is 55.6 Å². The third-order valence-electron chi connectivity index (χ3n) is 5.32. The quantitative estimate of drug-likeness (QED) is 0.922. The average molecular weight is 339 g/mol. The lowest BCUT2D eigenvalue weighted by Crippen LogP contribution is -2.50. The van der Waals surface area contributed by atoms with E-state index < -0.39 is 0 Å². The van der Waals surface area contributed by atoms with Crippen molar-refractivity contribution in [2.24, 2.45) is 5.73 Å². The molecule has 3 rings (SSSR count). The third-order valence-corrected chi connectivity index (χ3v) is 5.32. The van der Waals surface area contributed by atoms with Gasteiger partial charge in [-0.3, -0.25) is 4.79 Å². The van der Waals surface area contributed by atoms with Crippen LogP contribution in [0.3, 0.4) is 0 Å². The van der Waals surface area contributed by atoms with Gasteiger partial charge >= 0.3 is 0 Å². The Bertz CT molecular complexity index is 536. The number of nitrogens with two attached hydrogens (primary N) is 1. The summed E-state index contributed by atoms with van der Waals surface area (Å²) in [6, 6.07) is 8.31. The minimum atomic E-state index is -0.351. The molecule has 0 spiro atoms. The van der Waals surface area contributed by atoms with E-state index in [-0.39, 0.29) is 23.9 Å². The number of ether oxygens (including phenoxy) is 1. The second kappa shape index (κ2) is 7.54. The van der Waals surface area contributed by atoms with Gasteiger partial charge in [-0.2, -0.15) is 0 Å². The van der Waals surface area contributed by atoms with Crippen molar-refractivity contribution in [3.8, 4) is 5.75 Å². The molecule has 1 aromatic rings. The number of carbonyl (C=O) groups excluding carboxylic acids is 1. The number of methoxy groups -OCH3 is 1. The number of rotatable bonds is 3. The summed E-state index contributed by atoms with van der Waals surface area (Å²) < 4.78 is 5.36. The molecule has 1 aliphatic carbocycles. The zero-order chi connectivity index (χ0) is 15.6. The number of halogens is 1. The Balaban J connectivity index is 0.00000192. The molecule has 1 amide bonds. The molecule has 0 atom stereocenters.